The van der Waals surface area contributed by atoms with Crippen LogP contribution >= 0.6 is 15.9 Å². The Bertz CT molecular complexity index is 619. The Balaban J connectivity index is 1.45. The number of rotatable bonds is 7. The van der Waals surface area contributed by atoms with Crippen LogP contribution in [0, 0.1) is 5.92 Å². The van der Waals surface area contributed by atoms with Crippen molar-refractivity contribution in [3.63, 3.8) is 0 Å². The van der Waals surface area contributed by atoms with Crippen molar-refractivity contribution in [3.8, 4) is 11.3 Å². The van der Waals surface area contributed by atoms with E-state index in [4.69, 9.17) is 0 Å². The minimum atomic E-state index is 0.674. The Morgan fingerprint density at radius 2 is 2.17 bits per heavy atom. The lowest BCUT2D eigenvalue weighted by Gasteiger charge is -2.20. The Morgan fingerprint density at radius 1 is 1.35 bits per heavy atom. The lowest BCUT2D eigenvalue weighted by molar-refractivity contribution is 0.282. The number of aromatic amines is 1. The molecule has 5 heteroatoms. The molecule has 124 valence electrons. The number of H-pyrrole nitrogens is 1. The number of benzene rings is 1. The summed E-state index contributed by atoms with van der Waals surface area (Å²) in [4.78, 5) is 10.5. The van der Waals surface area contributed by atoms with Crippen molar-refractivity contribution in [3.05, 3.63) is 40.8 Å². The summed E-state index contributed by atoms with van der Waals surface area (Å²) in [5, 5.41) is 3.52. The molecule has 1 atom stereocenters. The van der Waals surface area contributed by atoms with Gasteiger partial charge in [0.05, 0.1) is 18.4 Å². The maximum atomic E-state index is 4.48. The Hall–Kier alpha value is -1.17. The van der Waals surface area contributed by atoms with Gasteiger partial charge in [0.2, 0.25) is 0 Å². The molecule has 2 N–H and O–H groups in total. The monoisotopic (exact) mass is 376 g/mol. The molecule has 0 saturated carbocycles. The fourth-order valence-electron chi connectivity index (χ4n) is 3.16. The van der Waals surface area contributed by atoms with Crippen LogP contribution in [-0.2, 0) is 6.54 Å². The predicted molar refractivity (Wildman–Crippen MR) is 98.3 cm³/mol. The zero-order valence-electron chi connectivity index (χ0n) is 13.7. The van der Waals surface area contributed by atoms with E-state index in [-0.39, 0.29) is 0 Å². The average Bonchev–Trinajstić information content (AvgIpc) is 3.19. The summed E-state index contributed by atoms with van der Waals surface area (Å²) in [6.07, 6.45) is 4.64. The number of hydrogen-bond donors (Lipinski definition) is 2. The lowest BCUT2D eigenvalue weighted by Crippen LogP contribution is -2.31. The highest BCUT2D eigenvalue weighted by molar-refractivity contribution is 9.10. The van der Waals surface area contributed by atoms with Gasteiger partial charge < -0.3 is 15.2 Å². The van der Waals surface area contributed by atoms with Gasteiger partial charge in [-0.3, -0.25) is 0 Å². The molecule has 1 saturated heterocycles. The van der Waals surface area contributed by atoms with E-state index >= 15 is 0 Å². The van der Waals surface area contributed by atoms with Crippen LogP contribution in [0.15, 0.2) is 34.9 Å². The molecular formula is C18H25BrN4. The fourth-order valence-corrected chi connectivity index (χ4v) is 3.56. The summed E-state index contributed by atoms with van der Waals surface area (Å²) >= 11 is 3.51. The van der Waals surface area contributed by atoms with Crippen molar-refractivity contribution in [1.82, 2.24) is 20.2 Å². The van der Waals surface area contributed by atoms with Crippen LogP contribution in [0.3, 0.4) is 0 Å². The number of aromatic nitrogens is 2. The van der Waals surface area contributed by atoms with Gasteiger partial charge in [0.25, 0.3) is 0 Å². The van der Waals surface area contributed by atoms with Gasteiger partial charge in [-0.25, -0.2) is 4.98 Å². The zero-order chi connectivity index (χ0) is 16.1. The quantitative estimate of drug-likeness (QED) is 0.774. The second kappa shape index (κ2) is 8.08. The fraction of sp³-hybridized carbons (Fsp3) is 0.500. The maximum Gasteiger partial charge on any atom is 0.120 e. The summed E-state index contributed by atoms with van der Waals surface area (Å²) in [7, 11) is 0. The predicted octanol–water partition coefficient (Wildman–Crippen LogP) is 3.66. The van der Waals surface area contributed by atoms with Gasteiger partial charge in [0.1, 0.15) is 5.82 Å². The molecule has 0 spiro atoms. The summed E-state index contributed by atoms with van der Waals surface area (Å²) in [6.45, 7) is 7.90. The van der Waals surface area contributed by atoms with Crippen LogP contribution in [0.5, 0.6) is 0 Å². The van der Waals surface area contributed by atoms with Crippen molar-refractivity contribution in [2.24, 2.45) is 5.92 Å². The summed E-state index contributed by atoms with van der Waals surface area (Å²) in [6, 6.07) is 8.26. The van der Waals surface area contributed by atoms with Gasteiger partial charge >= 0.3 is 0 Å². The maximum absolute atomic E-state index is 4.48. The molecule has 2 heterocycles. The Labute approximate surface area is 146 Å². The summed E-state index contributed by atoms with van der Waals surface area (Å²) in [5.74, 6) is 1.67. The molecule has 4 nitrogen and oxygen atoms in total. The molecule has 1 aromatic heterocycles. The molecule has 2 aromatic rings. The zero-order valence-corrected chi connectivity index (χ0v) is 15.3. The SMILES string of the molecule is CC(CNCc1ncc(-c2cccc(Br)c2)[nH]1)CN1CCCC1. The van der Waals surface area contributed by atoms with E-state index in [1.54, 1.807) is 0 Å². The molecule has 3 rings (SSSR count). The Kier molecular flexibility index (Phi) is 5.86. The van der Waals surface area contributed by atoms with Gasteiger partial charge in [0.15, 0.2) is 0 Å². The standard InChI is InChI=1S/C18H25BrN4/c1-14(13-23-7-2-3-8-23)10-20-12-18-21-11-17(22-18)15-5-4-6-16(19)9-15/h4-6,9,11,14,20H,2-3,7-8,10,12-13H2,1H3,(H,21,22). The third-order valence-electron chi connectivity index (χ3n) is 4.32. The molecule has 0 radical (unpaired) electrons. The number of imidazole rings is 1. The smallest absolute Gasteiger partial charge is 0.120 e. The highest BCUT2D eigenvalue weighted by atomic mass is 79.9. The molecule has 0 bridgehead atoms. The number of hydrogen-bond acceptors (Lipinski definition) is 3. The first-order valence-corrected chi connectivity index (χ1v) is 9.23. The second-order valence-electron chi connectivity index (χ2n) is 6.50. The van der Waals surface area contributed by atoms with E-state index in [9.17, 15) is 0 Å². The first-order valence-electron chi connectivity index (χ1n) is 8.43. The molecule has 1 aliphatic heterocycles. The lowest BCUT2D eigenvalue weighted by atomic mass is 10.1. The number of likely N-dealkylation sites (tertiary alicyclic amines) is 1. The second-order valence-corrected chi connectivity index (χ2v) is 7.41. The van der Waals surface area contributed by atoms with Crippen LogP contribution in [0.1, 0.15) is 25.6 Å². The molecule has 1 aromatic carbocycles. The van der Waals surface area contributed by atoms with Gasteiger partial charge in [0, 0.05) is 16.6 Å². The van der Waals surface area contributed by atoms with Gasteiger partial charge in [-0.2, -0.15) is 0 Å². The van der Waals surface area contributed by atoms with Crippen LogP contribution in [0.4, 0.5) is 0 Å². The van der Waals surface area contributed by atoms with Gasteiger partial charge in [-0.15, -0.1) is 0 Å². The molecule has 1 aliphatic rings. The van der Waals surface area contributed by atoms with E-state index in [1.165, 1.54) is 32.5 Å². The largest absolute Gasteiger partial charge is 0.341 e. The average molecular weight is 377 g/mol. The highest BCUT2D eigenvalue weighted by Crippen LogP contribution is 2.21. The third-order valence-corrected chi connectivity index (χ3v) is 4.81. The van der Waals surface area contributed by atoms with E-state index in [0.29, 0.717) is 5.92 Å². The van der Waals surface area contributed by atoms with E-state index < -0.39 is 0 Å². The van der Waals surface area contributed by atoms with Crippen LogP contribution in [-0.4, -0.2) is 41.0 Å². The van der Waals surface area contributed by atoms with Crippen molar-refractivity contribution in [2.75, 3.05) is 26.2 Å². The van der Waals surface area contributed by atoms with E-state index in [2.05, 4.69) is 55.2 Å². The van der Waals surface area contributed by atoms with Crippen molar-refractivity contribution in [1.29, 1.82) is 0 Å². The molecule has 0 amide bonds. The molecule has 1 fully saturated rings. The van der Waals surface area contributed by atoms with E-state index in [1.807, 2.05) is 18.3 Å². The number of nitrogens with zero attached hydrogens (tertiary/aromatic N) is 2. The van der Waals surface area contributed by atoms with Crippen molar-refractivity contribution >= 4 is 15.9 Å². The summed E-state index contributed by atoms with van der Waals surface area (Å²) in [5.41, 5.74) is 2.22. The van der Waals surface area contributed by atoms with E-state index in [0.717, 1.165) is 34.6 Å². The van der Waals surface area contributed by atoms with Crippen molar-refractivity contribution < 1.29 is 0 Å². The first kappa shape index (κ1) is 16.7. The summed E-state index contributed by atoms with van der Waals surface area (Å²) < 4.78 is 1.08. The third kappa shape index (κ3) is 4.90. The van der Waals surface area contributed by atoms with Crippen LogP contribution in [0.25, 0.3) is 11.3 Å². The normalized spacial score (nSPS) is 16.8. The topological polar surface area (TPSA) is 44.0 Å². The Morgan fingerprint density at radius 3 is 2.96 bits per heavy atom. The number of halogens is 1. The molecular weight excluding hydrogens is 352 g/mol. The van der Waals surface area contributed by atoms with Crippen LogP contribution < -0.4 is 5.32 Å². The van der Waals surface area contributed by atoms with Gasteiger partial charge in [-0.05, 0) is 50.5 Å². The first-order chi connectivity index (χ1) is 11.2. The molecule has 0 aliphatic carbocycles. The molecule has 23 heavy (non-hydrogen) atoms. The minimum absolute atomic E-state index is 0.674. The number of nitrogens with one attached hydrogen (secondary N) is 2. The molecule has 1 unspecified atom stereocenters. The minimum Gasteiger partial charge on any atom is -0.341 e. The van der Waals surface area contributed by atoms with Gasteiger partial charge in [-0.1, -0.05) is 35.0 Å². The van der Waals surface area contributed by atoms with Crippen LogP contribution in [0.2, 0.25) is 0 Å². The van der Waals surface area contributed by atoms with Crippen molar-refractivity contribution in [2.45, 2.75) is 26.3 Å². The highest BCUT2D eigenvalue weighted by Gasteiger charge is 2.14.